The van der Waals surface area contributed by atoms with Gasteiger partial charge in [0.25, 0.3) is 0 Å². The molecule has 1 atom stereocenters. The van der Waals surface area contributed by atoms with Crippen LogP contribution in [0.2, 0.25) is 0 Å². The molecule has 0 heterocycles. The van der Waals surface area contributed by atoms with Crippen molar-refractivity contribution in [3.63, 3.8) is 0 Å². The maximum Gasteiger partial charge on any atom is 0.307 e. The summed E-state index contributed by atoms with van der Waals surface area (Å²) in [6, 6.07) is 0. The molecule has 0 radical (unpaired) electrons. The highest BCUT2D eigenvalue weighted by atomic mass is 16.4. The van der Waals surface area contributed by atoms with Crippen molar-refractivity contribution in [1.82, 2.24) is 0 Å². The largest absolute Gasteiger partial charge is 0.481 e. The Labute approximate surface area is 160 Å². The molecule has 0 aromatic heterocycles. The van der Waals surface area contributed by atoms with E-state index < -0.39 is 17.9 Å². The Morgan fingerprint density at radius 1 is 0.731 bits per heavy atom. The Kier molecular flexibility index (Phi) is 17.5. The van der Waals surface area contributed by atoms with E-state index in [0.717, 1.165) is 19.3 Å². The SMILES string of the molecule is CCCCC=CCCCCCCCCCCCCC(CC(=O)O)C(=O)O. The van der Waals surface area contributed by atoms with Crippen LogP contribution in [0.25, 0.3) is 0 Å². The Balaban J connectivity index is 3.32. The average Bonchev–Trinajstić information content (AvgIpc) is 2.59. The van der Waals surface area contributed by atoms with Gasteiger partial charge in [-0.1, -0.05) is 89.7 Å². The van der Waals surface area contributed by atoms with Crippen LogP contribution in [-0.2, 0) is 9.59 Å². The van der Waals surface area contributed by atoms with Crippen molar-refractivity contribution in [3.8, 4) is 0 Å². The van der Waals surface area contributed by atoms with Crippen molar-refractivity contribution in [1.29, 1.82) is 0 Å². The van der Waals surface area contributed by atoms with E-state index in [2.05, 4.69) is 19.1 Å². The molecule has 2 N–H and O–H groups in total. The predicted octanol–water partition coefficient (Wildman–Crippen LogP) is 6.59. The molecule has 0 aromatic rings. The maximum atomic E-state index is 11.0. The van der Waals surface area contributed by atoms with Crippen LogP contribution in [0.3, 0.4) is 0 Å². The second kappa shape index (κ2) is 18.5. The van der Waals surface area contributed by atoms with Crippen LogP contribution in [0.1, 0.15) is 110 Å². The third kappa shape index (κ3) is 17.5. The molecule has 0 aliphatic carbocycles. The molecule has 0 spiro atoms. The van der Waals surface area contributed by atoms with Crippen LogP contribution >= 0.6 is 0 Å². The summed E-state index contributed by atoms with van der Waals surface area (Å²) >= 11 is 0. The number of hydrogen-bond acceptors (Lipinski definition) is 2. The Morgan fingerprint density at radius 2 is 1.19 bits per heavy atom. The summed E-state index contributed by atoms with van der Waals surface area (Å²) in [7, 11) is 0. The van der Waals surface area contributed by atoms with Crippen LogP contribution in [0.4, 0.5) is 0 Å². The van der Waals surface area contributed by atoms with Crippen molar-refractivity contribution in [2.75, 3.05) is 0 Å². The second-order valence-electron chi connectivity index (χ2n) is 7.36. The normalized spacial score (nSPS) is 12.5. The van der Waals surface area contributed by atoms with Gasteiger partial charge in [-0.2, -0.15) is 0 Å². The molecule has 0 fully saturated rings. The highest BCUT2D eigenvalue weighted by Gasteiger charge is 2.20. The van der Waals surface area contributed by atoms with Gasteiger partial charge in [-0.25, -0.2) is 0 Å². The van der Waals surface area contributed by atoms with Gasteiger partial charge in [0.1, 0.15) is 0 Å². The fraction of sp³-hybridized carbons (Fsp3) is 0.818. The monoisotopic (exact) mass is 368 g/mol. The Hall–Kier alpha value is -1.32. The zero-order valence-electron chi connectivity index (χ0n) is 16.8. The molecule has 0 aliphatic heterocycles. The van der Waals surface area contributed by atoms with Crippen molar-refractivity contribution in [3.05, 3.63) is 12.2 Å². The molecular weight excluding hydrogens is 328 g/mol. The molecule has 0 aliphatic rings. The maximum absolute atomic E-state index is 11.0. The summed E-state index contributed by atoms with van der Waals surface area (Å²) < 4.78 is 0. The Morgan fingerprint density at radius 3 is 1.65 bits per heavy atom. The fourth-order valence-electron chi connectivity index (χ4n) is 3.15. The third-order valence-corrected chi connectivity index (χ3v) is 4.83. The number of aliphatic carboxylic acids is 2. The molecule has 0 bridgehead atoms. The van der Waals surface area contributed by atoms with E-state index in [-0.39, 0.29) is 6.42 Å². The number of rotatable bonds is 19. The van der Waals surface area contributed by atoms with Gasteiger partial charge in [0, 0.05) is 0 Å². The van der Waals surface area contributed by atoms with Crippen LogP contribution in [0.15, 0.2) is 12.2 Å². The van der Waals surface area contributed by atoms with E-state index >= 15 is 0 Å². The molecule has 152 valence electrons. The lowest BCUT2D eigenvalue weighted by atomic mass is 9.97. The molecule has 4 heteroatoms. The van der Waals surface area contributed by atoms with Gasteiger partial charge in [-0.3, -0.25) is 9.59 Å². The number of unbranched alkanes of at least 4 members (excludes halogenated alkanes) is 12. The van der Waals surface area contributed by atoms with Crippen LogP contribution in [0.5, 0.6) is 0 Å². The molecule has 1 unspecified atom stereocenters. The molecule has 0 saturated carbocycles. The average molecular weight is 369 g/mol. The molecule has 0 amide bonds. The van der Waals surface area contributed by atoms with Crippen LogP contribution in [0, 0.1) is 5.92 Å². The van der Waals surface area contributed by atoms with Gasteiger partial charge in [0.15, 0.2) is 0 Å². The molecule has 4 nitrogen and oxygen atoms in total. The number of allylic oxidation sites excluding steroid dienone is 2. The van der Waals surface area contributed by atoms with Crippen LogP contribution < -0.4 is 0 Å². The standard InChI is InChI=1S/C22H40O4/c1-2-3-4-5-6-7-8-9-10-11-12-13-14-15-16-17-18-20(22(25)26)19-21(23)24/h5-6,20H,2-4,7-19H2,1H3,(H,23,24)(H,25,26). The quantitative estimate of drug-likeness (QED) is 0.199. The minimum absolute atomic E-state index is 0.260. The van der Waals surface area contributed by atoms with Crippen molar-refractivity contribution >= 4 is 11.9 Å². The van der Waals surface area contributed by atoms with Gasteiger partial charge in [0.2, 0.25) is 0 Å². The van der Waals surface area contributed by atoms with E-state index in [9.17, 15) is 9.59 Å². The van der Waals surface area contributed by atoms with Gasteiger partial charge in [-0.05, 0) is 25.7 Å². The van der Waals surface area contributed by atoms with Gasteiger partial charge in [0.05, 0.1) is 12.3 Å². The number of hydrogen-bond donors (Lipinski definition) is 2. The van der Waals surface area contributed by atoms with E-state index in [4.69, 9.17) is 10.2 Å². The lowest BCUT2D eigenvalue weighted by molar-refractivity contribution is -0.148. The molecule has 26 heavy (non-hydrogen) atoms. The Bertz CT molecular complexity index is 376. The zero-order valence-corrected chi connectivity index (χ0v) is 16.8. The fourth-order valence-corrected chi connectivity index (χ4v) is 3.15. The van der Waals surface area contributed by atoms with E-state index in [1.54, 1.807) is 0 Å². The van der Waals surface area contributed by atoms with E-state index in [1.807, 2.05) is 0 Å². The predicted molar refractivity (Wildman–Crippen MR) is 107 cm³/mol. The lowest BCUT2D eigenvalue weighted by Crippen LogP contribution is -2.17. The first kappa shape index (κ1) is 24.7. The van der Waals surface area contributed by atoms with Crippen molar-refractivity contribution in [2.24, 2.45) is 5.92 Å². The summed E-state index contributed by atoms with van der Waals surface area (Å²) in [4.78, 5) is 21.6. The number of carboxylic acids is 2. The second-order valence-corrected chi connectivity index (χ2v) is 7.36. The first-order valence-electron chi connectivity index (χ1n) is 10.7. The van der Waals surface area contributed by atoms with Gasteiger partial charge in [-0.15, -0.1) is 0 Å². The van der Waals surface area contributed by atoms with E-state index in [0.29, 0.717) is 6.42 Å². The van der Waals surface area contributed by atoms with Gasteiger partial charge < -0.3 is 10.2 Å². The summed E-state index contributed by atoms with van der Waals surface area (Å²) in [6.07, 6.45) is 21.9. The molecular formula is C22H40O4. The summed E-state index contributed by atoms with van der Waals surface area (Å²) in [6.45, 7) is 2.23. The van der Waals surface area contributed by atoms with Crippen molar-refractivity contribution in [2.45, 2.75) is 110 Å². The smallest absolute Gasteiger partial charge is 0.307 e. The van der Waals surface area contributed by atoms with Gasteiger partial charge >= 0.3 is 11.9 Å². The van der Waals surface area contributed by atoms with Crippen LogP contribution in [-0.4, -0.2) is 22.2 Å². The van der Waals surface area contributed by atoms with E-state index in [1.165, 1.54) is 70.6 Å². The topological polar surface area (TPSA) is 74.6 Å². The minimum Gasteiger partial charge on any atom is -0.481 e. The molecule has 0 aromatic carbocycles. The number of carboxylic acid groups (broad SMARTS) is 2. The summed E-state index contributed by atoms with van der Waals surface area (Å²) in [5.41, 5.74) is 0. The summed E-state index contributed by atoms with van der Waals surface area (Å²) in [5.74, 6) is -2.73. The first-order valence-corrected chi connectivity index (χ1v) is 10.7. The molecule has 0 saturated heterocycles. The zero-order chi connectivity index (χ0) is 19.5. The highest BCUT2D eigenvalue weighted by Crippen LogP contribution is 2.16. The first-order chi connectivity index (χ1) is 12.6. The lowest BCUT2D eigenvalue weighted by Gasteiger charge is -2.09. The number of carbonyl (C=O) groups is 2. The minimum atomic E-state index is -1.02. The van der Waals surface area contributed by atoms with Crippen molar-refractivity contribution < 1.29 is 19.8 Å². The molecule has 0 rings (SSSR count). The summed E-state index contributed by atoms with van der Waals surface area (Å²) in [5, 5.41) is 17.7. The third-order valence-electron chi connectivity index (χ3n) is 4.83. The highest BCUT2D eigenvalue weighted by molar-refractivity contribution is 5.77.